The molecule has 5 heteroatoms. The summed E-state index contributed by atoms with van der Waals surface area (Å²) in [5, 5.41) is 4.46. The quantitative estimate of drug-likeness (QED) is 0.153. The molecule has 0 saturated heterocycles. The van der Waals surface area contributed by atoms with Crippen molar-refractivity contribution in [3.63, 3.8) is 0 Å². The van der Waals surface area contributed by atoms with Gasteiger partial charge in [-0.3, -0.25) is 4.57 Å². The fourth-order valence-corrected chi connectivity index (χ4v) is 9.80. The minimum Gasteiger partial charge on any atom is -0.456 e. The molecule has 0 aliphatic heterocycles. The lowest BCUT2D eigenvalue weighted by Gasteiger charge is -2.15. The second kappa shape index (κ2) is 16.4. The summed E-state index contributed by atoms with van der Waals surface area (Å²) < 4.78 is 8.40. The molecule has 0 saturated carbocycles. The van der Waals surface area contributed by atoms with E-state index in [0.717, 1.165) is 111 Å². The maximum absolute atomic E-state index is 6.21. The van der Waals surface area contributed by atoms with E-state index in [9.17, 15) is 0 Å². The van der Waals surface area contributed by atoms with Crippen LogP contribution < -0.4 is 0 Å². The normalized spacial score (nSPS) is 11.5. The van der Waals surface area contributed by atoms with E-state index in [2.05, 4.69) is 223 Å². The molecule has 0 N–H and O–H groups in total. The molecule has 0 aliphatic carbocycles. The van der Waals surface area contributed by atoms with Gasteiger partial charge in [-0.05, 0) is 92.0 Å². The van der Waals surface area contributed by atoms with Crippen molar-refractivity contribution in [1.29, 1.82) is 0 Å². The van der Waals surface area contributed by atoms with Gasteiger partial charge in [-0.2, -0.15) is 9.97 Å². The second-order valence-electron chi connectivity index (χ2n) is 17.2. The Hall–Kier alpha value is -9.19. The predicted octanol–water partition coefficient (Wildman–Crippen LogP) is 16.5. The largest absolute Gasteiger partial charge is 0.456 e. The van der Waals surface area contributed by atoms with Crippen LogP contribution >= 0.6 is 0 Å². The van der Waals surface area contributed by atoms with E-state index in [1.54, 1.807) is 0 Å². The highest BCUT2D eigenvalue weighted by Gasteiger charge is 2.20. The minimum atomic E-state index is 0.555. The highest BCUT2D eigenvalue weighted by atomic mass is 16.3. The molecule has 10 aromatic carbocycles. The van der Waals surface area contributed by atoms with Crippen molar-refractivity contribution in [2.75, 3.05) is 0 Å². The summed E-state index contributed by atoms with van der Waals surface area (Å²) >= 11 is 0. The number of benzene rings is 10. The van der Waals surface area contributed by atoms with Gasteiger partial charge in [0.05, 0.1) is 11.0 Å². The third kappa shape index (κ3) is 6.84. The number of aromatic nitrogens is 4. The van der Waals surface area contributed by atoms with Crippen molar-refractivity contribution >= 4 is 43.7 Å². The van der Waals surface area contributed by atoms with E-state index in [4.69, 9.17) is 19.4 Å². The van der Waals surface area contributed by atoms with Gasteiger partial charge in [-0.25, -0.2) is 4.98 Å². The van der Waals surface area contributed by atoms with Crippen LogP contribution in [0.5, 0.6) is 0 Å². The zero-order chi connectivity index (χ0) is 45.0. The maximum Gasteiger partial charge on any atom is 0.238 e. The van der Waals surface area contributed by atoms with Crippen LogP contribution in [0.2, 0.25) is 0 Å². The SMILES string of the molecule is c1ccc(-c2ccc(-c3nc(-c4ccc(-c5ccccc5)cc4)nc(-n4c5ccccc5c5cc(-c6ccccc6-c6ccccc6-c6ccc7oc8ccccc8c7c6)ccc54)n3)cc2)cc1. The van der Waals surface area contributed by atoms with Crippen LogP contribution in [0.15, 0.2) is 247 Å². The van der Waals surface area contributed by atoms with Crippen molar-refractivity contribution in [2.24, 2.45) is 0 Å². The molecule has 68 heavy (non-hydrogen) atoms. The molecule has 0 amide bonds. The van der Waals surface area contributed by atoms with Gasteiger partial charge in [-0.1, -0.05) is 206 Å². The first kappa shape index (κ1) is 39.2. The molecule has 13 rings (SSSR count). The summed E-state index contributed by atoms with van der Waals surface area (Å²) in [4.78, 5) is 15.7. The lowest BCUT2D eigenvalue weighted by molar-refractivity contribution is 0.669. The molecule has 0 bridgehead atoms. The molecule has 3 heterocycles. The highest BCUT2D eigenvalue weighted by Crippen LogP contribution is 2.42. The number of furan rings is 1. The van der Waals surface area contributed by atoms with Crippen LogP contribution in [0.25, 0.3) is 128 Å². The number of nitrogens with zero attached hydrogens (tertiary/aromatic N) is 4. The van der Waals surface area contributed by atoms with Crippen LogP contribution in [0, 0.1) is 0 Å². The first-order chi connectivity index (χ1) is 33.7. The Morgan fingerprint density at radius 2 is 0.676 bits per heavy atom. The highest BCUT2D eigenvalue weighted by molar-refractivity contribution is 6.11. The van der Waals surface area contributed by atoms with E-state index >= 15 is 0 Å². The lowest BCUT2D eigenvalue weighted by Crippen LogP contribution is -2.06. The van der Waals surface area contributed by atoms with Crippen molar-refractivity contribution in [3.05, 3.63) is 243 Å². The van der Waals surface area contributed by atoms with Crippen LogP contribution in [0.1, 0.15) is 0 Å². The zero-order valence-electron chi connectivity index (χ0n) is 36.8. The zero-order valence-corrected chi connectivity index (χ0v) is 36.8. The molecule has 0 radical (unpaired) electrons. The van der Waals surface area contributed by atoms with Gasteiger partial charge in [-0.15, -0.1) is 0 Å². The maximum atomic E-state index is 6.21. The first-order valence-corrected chi connectivity index (χ1v) is 22.9. The average Bonchev–Trinajstić information content (AvgIpc) is 3.96. The fraction of sp³-hybridized carbons (Fsp3) is 0. The third-order valence-corrected chi connectivity index (χ3v) is 13.1. The number of hydrogen-bond acceptors (Lipinski definition) is 4. The van der Waals surface area contributed by atoms with Gasteiger partial charge in [0, 0.05) is 32.7 Å². The summed E-state index contributed by atoms with van der Waals surface area (Å²) in [6.07, 6.45) is 0. The number of para-hydroxylation sites is 2. The molecule has 3 aromatic heterocycles. The Morgan fingerprint density at radius 1 is 0.265 bits per heavy atom. The van der Waals surface area contributed by atoms with Crippen LogP contribution in [-0.2, 0) is 0 Å². The Balaban J connectivity index is 0.947. The Labute approximate surface area is 392 Å². The van der Waals surface area contributed by atoms with Crippen molar-refractivity contribution in [2.45, 2.75) is 0 Å². The average molecular weight is 869 g/mol. The smallest absolute Gasteiger partial charge is 0.238 e. The van der Waals surface area contributed by atoms with E-state index in [0.29, 0.717) is 17.6 Å². The molecule has 13 aromatic rings. The molecular formula is C63H40N4O. The molecule has 0 aliphatic rings. The second-order valence-corrected chi connectivity index (χ2v) is 17.2. The Morgan fingerprint density at radius 3 is 1.28 bits per heavy atom. The van der Waals surface area contributed by atoms with Crippen molar-refractivity contribution in [3.8, 4) is 84.4 Å². The molecule has 5 nitrogen and oxygen atoms in total. The fourth-order valence-electron chi connectivity index (χ4n) is 9.80. The molecule has 0 unspecified atom stereocenters. The van der Waals surface area contributed by atoms with Crippen LogP contribution in [0.3, 0.4) is 0 Å². The van der Waals surface area contributed by atoms with Gasteiger partial charge in [0.15, 0.2) is 11.6 Å². The lowest BCUT2D eigenvalue weighted by atomic mass is 9.89. The Kier molecular flexibility index (Phi) is 9.43. The number of hydrogen-bond donors (Lipinski definition) is 0. The van der Waals surface area contributed by atoms with Gasteiger partial charge in [0.25, 0.3) is 0 Å². The topological polar surface area (TPSA) is 56.7 Å². The molecule has 0 fully saturated rings. The molecule has 318 valence electrons. The standard InChI is InChI=1S/C63H40N4O/c1-3-15-41(16-4-1)43-27-31-45(32-28-43)61-64-62(46-33-29-44(30-34-46)42-17-5-2-6-18-42)66-63(65-61)67-57-25-13-11-23-53(57)55-39-47(35-37-58(55)67)49-19-7-9-21-51(49)52-22-10-8-20-50(52)48-36-38-60-56(40-48)54-24-12-14-26-59(54)68-60/h1-40H. The van der Waals surface area contributed by atoms with E-state index in [1.807, 2.05) is 24.3 Å². The first-order valence-electron chi connectivity index (χ1n) is 22.9. The summed E-state index contributed by atoms with van der Waals surface area (Å²) in [5.41, 5.74) is 17.1. The number of fused-ring (bicyclic) bond motifs is 6. The van der Waals surface area contributed by atoms with Crippen molar-refractivity contribution < 1.29 is 4.42 Å². The summed E-state index contributed by atoms with van der Waals surface area (Å²) in [6, 6.07) is 85.4. The van der Waals surface area contributed by atoms with E-state index in [-0.39, 0.29) is 0 Å². The summed E-state index contributed by atoms with van der Waals surface area (Å²) in [6.45, 7) is 0. The minimum absolute atomic E-state index is 0.555. The summed E-state index contributed by atoms with van der Waals surface area (Å²) in [5.74, 6) is 1.76. The molecular weight excluding hydrogens is 829 g/mol. The van der Waals surface area contributed by atoms with Gasteiger partial charge >= 0.3 is 0 Å². The van der Waals surface area contributed by atoms with E-state index in [1.165, 1.54) is 0 Å². The monoisotopic (exact) mass is 868 g/mol. The van der Waals surface area contributed by atoms with Crippen molar-refractivity contribution in [1.82, 2.24) is 19.5 Å². The van der Waals surface area contributed by atoms with Crippen LogP contribution in [0.4, 0.5) is 0 Å². The predicted molar refractivity (Wildman–Crippen MR) is 279 cm³/mol. The van der Waals surface area contributed by atoms with E-state index < -0.39 is 0 Å². The summed E-state index contributed by atoms with van der Waals surface area (Å²) in [7, 11) is 0. The van der Waals surface area contributed by atoms with Gasteiger partial charge in [0.1, 0.15) is 11.2 Å². The van der Waals surface area contributed by atoms with Gasteiger partial charge in [0.2, 0.25) is 5.95 Å². The molecule has 0 atom stereocenters. The number of rotatable bonds is 8. The molecule has 0 spiro atoms. The Bertz CT molecular complexity index is 3900. The van der Waals surface area contributed by atoms with Crippen LogP contribution in [-0.4, -0.2) is 19.5 Å². The van der Waals surface area contributed by atoms with Gasteiger partial charge < -0.3 is 4.42 Å². The third-order valence-electron chi connectivity index (χ3n) is 13.1.